The Labute approximate surface area is 423 Å². The Kier molecular flexibility index (Phi) is 27.2. The molecule has 15 unspecified atom stereocenters. The molecule has 74 heavy (non-hydrogen) atoms. The minimum absolute atomic E-state index is 0.0560. The van der Waals surface area contributed by atoms with Crippen LogP contribution < -0.4 is 59.3 Å². The normalized spacial score (nSPS) is 25.4. The Morgan fingerprint density at radius 1 is 0.622 bits per heavy atom. The lowest BCUT2D eigenvalue weighted by molar-refractivity contribution is -0.333. The van der Waals surface area contributed by atoms with Crippen LogP contribution in [0.1, 0.15) is 66.7 Å². The Morgan fingerprint density at radius 2 is 1.20 bits per heavy atom. The minimum Gasteiger partial charge on any atom is -0.480 e. The van der Waals surface area contributed by atoms with Crippen molar-refractivity contribution >= 4 is 65.0 Å². The molecule has 32 nitrogen and oxygen atoms in total. The largest absolute Gasteiger partial charge is 0.480 e. The van der Waals surface area contributed by atoms with E-state index in [1.807, 2.05) is 0 Å². The highest BCUT2D eigenvalue weighted by atomic mass is 16.7. The highest BCUT2D eigenvalue weighted by molar-refractivity contribution is 5.93. The number of carbonyl (C=O) groups excluding carboxylic acids is 10. The van der Waals surface area contributed by atoms with Crippen molar-refractivity contribution in [2.75, 3.05) is 39.4 Å². The smallest absolute Gasteiger partial charge is 0.325 e. The molecule has 2 aliphatic rings. The molecule has 2 rings (SSSR count). The van der Waals surface area contributed by atoms with Crippen LogP contribution in [0, 0.1) is 0 Å². The van der Waals surface area contributed by atoms with Crippen molar-refractivity contribution < 1.29 is 102 Å². The van der Waals surface area contributed by atoms with Gasteiger partial charge in [-0.1, -0.05) is 0 Å². The van der Waals surface area contributed by atoms with Gasteiger partial charge in [0.1, 0.15) is 79.0 Å². The molecule has 2 aliphatic heterocycles. The monoisotopic (exact) mass is 1070 g/mol. The van der Waals surface area contributed by atoms with E-state index >= 15 is 0 Å². The summed E-state index contributed by atoms with van der Waals surface area (Å²) in [5.74, 6) is -9.39. The maximum Gasteiger partial charge on any atom is 0.325 e. The van der Waals surface area contributed by atoms with Crippen molar-refractivity contribution in [2.45, 2.75) is 158 Å². The van der Waals surface area contributed by atoms with Gasteiger partial charge in [-0.2, -0.15) is 0 Å². The average Bonchev–Trinajstić information content (AvgIpc) is 3.33. The summed E-state index contributed by atoms with van der Waals surface area (Å²) in [6.45, 7) is 2.96. The van der Waals surface area contributed by atoms with E-state index in [1.54, 1.807) is 0 Å². The van der Waals surface area contributed by atoms with Crippen LogP contribution in [0.25, 0.3) is 0 Å². The number of amides is 10. The molecule has 32 heteroatoms. The van der Waals surface area contributed by atoms with Gasteiger partial charge in [-0.05, 0) is 46.5 Å². The molecule has 0 aromatic carbocycles. The molecule has 10 amide bonds. The van der Waals surface area contributed by atoms with Crippen LogP contribution >= 0.6 is 0 Å². The van der Waals surface area contributed by atoms with Gasteiger partial charge in [0.2, 0.25) is 59.1 Å². The third-order valence-electron chi connectivity index (χ3n) is 11.3. The second kappa shape index (κ2) is 31.5. The van der Waals surface area contributed by atoms with Gasteiger partial charge < -0.3 is 109 Å². The predicted molar refractivity (Wildman–Crippen MR) is 247 cm³/mol. The third-order valence-corrected chi connectivity index (χ3v) is 11.3. The number of ether oxygens (including phenoxy) is 4. The molecule has 15 atom stereocenters. The first-order valence-electron chi connectivity index (χ1n) is 23.4. The third kappa shape index (κ3) is 20.9. The molecule has 0 aliphatic carbocycles. The minimum atomic E-state index is -1.90. The van der Waals surface area contributed by atoms with E-state index in [-0.39, 0.29) is 32.4 Å². The van der Waals surface area contributed by atoms with Crippen molar-refractivity contribution in [1.29, 1.82) is 0 Å². The summed E-state index contributed by atoms with van der Waals surface area (Å²) in [7, 11) is 0. The zero-order valence-corrected chi connectivity index (χ0v) is 41.4. The Morgan fingerprint density at radius 3 is 1.77 bits per heavy atom. The number of carboxylic acids is 1. The summed E-state index contributed by atoms with van der Waals surface area (Å²) >= 11 is 0. The Bertz CT molecular complexity index is 1970. The van der Waals surface area contributed by atoms with Crippen molar-refractivity contribution in [1.82, 2.24) is 47.9 Å². The molecule has 0 saturated carbocycles. The van der Waals surface area contributed by atoms with Crippen LogP contribution in [0.3, 0.4) is 0 Å². The van der Waals surface area contributed by atoms with Crippen molar-refractivity contribution in [3.8, 4) is 0 Å². The van der Waals surface area contributed by atoms with Crippen molar-refractivity contribution in [3.63, 3.8) is 0 Å². The number of hydrogen-bond acceptors (Lipinski definition) is 21. The number of aliphatic carboxylic acids is 1. The summed E-state index contributed by atoms with van der Waals surface area (Å²) in [6.07, 6.45) is -15.5. The lowest BCUT2D eigenvalue weighted by Crippen LogP contribution is -2.70. The average molecular weight is 1070 g/mol. The zero-order chi connectivity index (χ0) is 56.0. The highest BCUT2D eigenvalue weighted by Gasteiger charge is 2.53. The molecule has 2 fully saturated rings. The number of unbranched alkanes of at least 4 members (excludes halogenated alkanes) is 1. The van der Waals surface area contributed by atoms with Crippen LogP contribution in [0.2, 0.25) is 0 Å². The number of carbonyl (C=O) groups is 11. The summed E-state index contributed by atoms with van der Waals surface area (Å²) < 4.78 is 23.2. The van der Waals surface area contributed by atoms with E-state index < -0.39 is 196 Å². The van der Waals surface area contributed by atoms with E-state index in [0.717, 1.165) is 13.8 Å². The fraction of sp³-hybridized carbons (Fsp3) is 0.738. The fourth-order valence-corrected chi connectivity index (χ4v) is 7.24. The topological polar surface area (TPSA) is 506 Å². The first-order valence-corrected chi connectivity index (χ1v) is 23.4. The van der Waals surface area contributed by atoms with Crippen LogP contribution in [0.5, 0.6) is 0 Å². The molecular weight excluding hydrogens is 995 g/mol. The van der Waals surface area contributed by atoms with Crippen molar-refractivity contribution in [3.05, 3.63) is 0 Å². The van der Waals surface area contributed by atoms with E-state index in [4.69, 9.17) is 30.4 Å². The van der Waals surface area contributed by atoms with Gasteiger partial charge in [0, 0.05) is 26.8 Å². The SMILES string of the molecule is CC(=O)NC1C(OC2C(CO)OC(O)C(NC(C)=O)C2OC(C)C(=O)NC(C)C(=O)NC(CCC(=O)NC(CCCCNC(=O)CNC(=O)CNC(=O)CN)C(=O)NC(C)C(=O)O)C(N)=O)OC(CO)C(O)C1O. The van der Waals surface area contributed by atoms with Crippen LogP contribution in [-0.4, -0.2) is 227 Å². The second-order valence-electron chi connectivity index (χ2n) is 17.3. The molecule has 19 N–H and O–H groups in total. The molecule has 2 heterocycles. The molecule has 0 aromatic heterocycles. The van der Waals surface area contributed by atoms with Crippen LogP contribution in [-0.2, 0) is 71.7 Å². The van der Waals surface area contributed by atoms with Gasteiger partial charge in [0.05, 0.1) is 32.8 Å². The number of primary amides is 1. The predicted octanol–water partition coefficient (Wildman–Crippen LogP) is -9.89. The summed E-state index contributed by atoms with van der Waals surface area (Å²) in [4.78, 5) is 136. The van der Waals surface area contributed by atoms with E-state index in [9.17, 15) is 83.4 Å². The molecular formula is C42H71N11O21. The molecule has 420 valence electrons. The number of nitrogens with two attached hydrogens (primary N) is 2. The van der Waals surface area contributed by atoms with Gasteiger partial charge in [-0.25, -0.2) is 0 Å². The van der Waals surface area contributed by atoms with Gasteiger partial charge >= 0.3 is 5.97 Å². The molecule has 0 bridgehead atoms. The first kappa shape index (κ1) is 63.9. The van der Waals surface area contributed by atoms with E-state index in [2.05, 4.69) is 47.9 Å². The van der Waals surface area contributed by atoms with Crippen LogP contribution in [0.15, 0.2) is 0 Å². The van der Waals surface area contributed by atoms with E-state index in [0.29, 0.717) is 0 Å². The van der Waals surface area contributed by atoms with Gasteiger partial charge in [0.25, 0.3) is 0 Å². The van der Waals surface area contributed by atoms with Gasteiger partial charge in [-0.3, -0.25) is 52.7 Å². The number of aliphatic hydroxyl groups excluding tert-OH is 5. The highest BCUT2D eigenvalue weighted by Crippen LogP contribution is 2.31. The molecule has 2 saturated heterocycles. The summed E-state index contributed by atoms with van der Waals surface area (Å²) in [5, 5.41) is 82.8. The number of carboxylic acid groups (broad SMARTS) is 1. The lowest BCUT2D eigenvalue weighted by atomic mass is 9.94. The maximum absolute atomic E-state index is 13.6. The summed E-state index contributed by atoms with van der Waals surface area (Å²) in [6, 6.07) is -8.70. The standard InChI is InChI=1S/C42H71N11O21/c1-17(48-38(66)19(3)71-35-31(51-21(5)57)41(70)72-25(16-55)34(35)74-42-30(50-20(4)56)33(63)32(62)24(15-54)73-42)37(65)53-22(36(44)64)9-10-26(58)52-23(39(67)49-18(2)40(68)69)8-6-7-11-45-28(60)13-47-29(61)14-46-27(59)12-43/h17-19,22-25,30-35,41-42,54-55,62-63,70H,6-16,43H2,1-5H3,(H2,44,64)(H,45,60)(H,46,59)(H,47,61)(H,48,66)(H,49,67)(H,50,56)(H,51,57)(H,52,58)(H,53,65)(H,68,69). The lowest BCUT2D eigenvalue weighted by Gasteiger charge is -2.48. The maximum atomic E-state index is 13.6. The number of nitrogens with one attached hydrogen (secondary N) is 9. The quantitative estimate of drug-likeness (QED) is 0.0297. The first-order chi connectivity index (χ1) is 34.7. The van der Waals surface area contributed by atoms with E-state index in [1.165, 1.54) is 20.8 Å². The number of rotatable bonds is 30. The fourth-order valence-electron chi connectivity index (χ4n) is 7.24. The van der Waals surface area contributed by atoms with Gasteiger partial charge in [-0.15, -0.1) is 0 Å². The number of hydrogen-bond donors (Lipinski definition) is 17. The molecule has 0 radical (unpaired) electrons. The Hall–Kier alpha value is -6.23. The van der Waals surface area contributed by atoms with Crippen molar-refractivity contribution in [2.24, 2.45) is 11.5 Å². The van der Waals surface area contributed by atoms with Gasteiger partial charge in [0.15, 0.2) is 12.6 Å². The zero-order valence-electron chi connectivity index (χ0n) is 41.4. The number of aliphatic hydroxyl groups is 5. The summed E-state index contributed by atoms with van der Waals surface area (Å²) in [5.41, 5.74) is 10.7. The molecule has 0 spiro atoms. The van der Waals surface area contributed by atoms with Crippen LogP contribution in [0.4, 0.5) is 0 Å². The molecule has 0 aromatic rings. The Balaban J connectivity index is 2.12. The second-order valence-corrected chi connectivity index (χ2v) is 17.3.